The van der Waals surface area contributed by atoms with E-state index in [9.17, 15) is 14.0 Å². The van der Waals surface area contributed by atoms with Crippen LogP contribution in [0.2, 0.25) is 5.02 Å². The first kappa shape index (κ1) is 22.6. The van der Waals surface area contributed by atoms with Gasteiger partial charge in [-0.25, -0.2) is 9.37 Å². The predicted molar refractivity (Wildman–Crippen MR) is 128 cm³/mol. The van der Waals surface area contributed by atoms with Gasteiger partial charge in [-0.15, -0.1) is 0 Å². The van der Waals surface area contributed by atoms with E-state index >= 15 is 0 Å². The fraction of sp³-hybridized carbons (Fsp3) is 0.292. The molecule has 1 amide bonds. The molecule has 2 aromatic carbocycles. The van der Waals surface area contributed by atoms with Gasteiger partial charge in [0.25, 0.3) is 5.56 Å². The number of amides is 1. The van der Waals surface area contributed by atoms with Crippen LogP contribution >= 0.6 is 23.4 Å². The summed E-state index contributed by atoms with van der Waals surface area (Å²) in [7, 11) is 0. The van der Waals surface area contributed by atoms with Crippen LogP contribution in [-0.4, -0.2) is 21.2 Å². The second-order valence-corrected chi connectivity index (χ2v) is 9.04. The molecule has 0 atom stereocenters. The number of thioether (sulfide) groups is 1. The zero-order chi connectivity index (χ0) is 22.5. The number of hydrogen-bond acceptors (Lipinski definition) is 4. The van der Waals surface area contributed by atoms with Gasteiger partial charge in [-0.1, -0.05) is 47.1 Å². The minimum Gasteiger partial charge on any atom is -0.325 e. The SMILES string of the molecule is O=C(CSc1nc2ccccc2c(=O)n1CCC1=CCCCC1)Nc1ccc(F)c(Cl)c1. The summed E-state index contributed by atoms with van der Waals surface area (Å²) in [6, 6.07) is 11.3. The third-order valence-corrected chi connectivity index (χ3v) is 6.67. The van der Waals surface area contributed by atoms with Crippen molar-refractivity contribution in [3.63, 3.8) is 0 Å². The number of anilines is 1. The Morgan fingerprint density at radius 3 is 2.84 bits per heavy atom. The molecule has 32 heavy (non-hydrogen) atoms. The van der Waals surface area contributed by atoms with Crippen LogP contribution in [0.1, 0.15) is 32.1 Å². The zero-order valence-electron chi connectivity index (χ0n) is 17.4. The topological polar surface area (TPSA) is 64.0 Å². The molecule has 0 bridgehead atoms. The number of benzene rings is 2. The van der Waals surface area contributed by atoms with Crippen molar-refractivity contribution in [3.05, 3.63) is 75.3 Å². The molecule has 0 unspecified atom stereocenters. The first-order valence-electron chi connectivity index (χ1n) is 10.6. The number of carbonyl (C=O) groups excluding carboxylic acids is 1. The van der Waals surface area contributed by atoms with Crippen molar-refractivity contribution in [3.8, 4) is 0 Å². The maximum Gasteiger partial charge on any atom is 0.262 e. The Kier molecular flexibility index (Phi) is 7.27. The van der Waals surface area contributed by atoms with Crippen LogP contribution in [-0.2, 0) is 11.3 Å². The number of aromatic nitrogens is 2. The summed E-state index contributed by atoms with van der Waals surface area (Å²) >= 11 is 6.99. The van der Waals surface area contributed by atoms with Crippen molar-refractivity contribution in [1.82, 2.24) is 9.55 Å². The van der Waals surface area contributed by atoms with Gasteiger partial charge in [0.2, 0.25) is 5.91 Å². The van der Waals surface area contributed by atoms with E-state index < -0.39 is 5.82 Å². The summed E-state index contributed by atoms with van der Waals surface area (Å²) in [4.78, 5) is 30.3. The number of allylic oxidation sites excluding steroid dienone is 2. The number of rotatable bonds is 7. The van der Waals surface area contributed by atoms with Crippen LogP contribution in [0.3, 0.4) is 0 Å². The van der Waals surface area contributed by atoms with Gasteiger partial charge >= 0.3 is 0 Å². The average Bonchev–Trinajstić information content (AvgIpc) is 2.80. The lowest BCUT2D eigenvalue weighted by Gasteiger charge is -2.16. The molecule has 0 saturated carbocycles. The predicted octanol–water partition coefficient (Wildman–Crippen LogP) is 5.81. The summed E-state index contributed by atoms with van der Waals surface area (Å²) in [5.74, 6) is -0.777. The lowest BCUT2D eigenvalue weighted by molar-refractivity contribution is -0.113. The number of halogens is 2. The van der Waals surface area contributed by atoms with E-state index in [4.69, 9.17) is 11.6 Å². The van der Waals surface area contributed by atoms with Crippen molar-refractivity contribution in [2.24, 2.45) is 0 Å². The molecule has 3 aromatic rings. The van der Waals surface area contributed by atoms with Gasteiger partial charge in [0, 0.05) is 12.2 Å². The Balaban J connectivity index is 1.53. The van der Waals surface area contributed by atoms with Crippen molar-refractivity contribution >= 4 is 45.9 Å². The molecule has 1 N–H and O–H groups in total. The second kappa shape index (κ2) is 10.3. The van der Waals surface area contributed by atoms with E-state index in [0.29, 0.717) is 28.3 Å². The number of hydrogen-bond donors (Lipinski definition) is 1. The molecule has 0 spiro atoms. The van der Waals surface area contributed by atoms with Crippen LogP contribution in [0.5, 0.6) is 0 Å². The van der Waals surface area contributed by atoms with E-state index in [1.54, 1.807) is 16.7 Å². The third kappa shape index (κ3) is 5.40. The zero-order valence-corrected chi connectivity index (χ0v) is 19.0. The number of para-hydroxylation sites is 1. The second-order valence-electron chi connectivity index (χ2n) is 7.69. The quantitative estimate of drug-likeness (QED) is 0.268. The largest absolute Gasteiger partial charge is 0.325 e. The van der Waals surface area contributed by atoms with Gasteiger partial charge in [-0.05, 0) is 62.4 Å². The summed E-state index contributed by atoms with van der Waals surface area (Å²) < 4.78 is 15.0. The highest BCUT2D eigenvalue weighted by atomic mass is 35.5. The molecule has 1 aliphatic rings. The molecule has 1 aliphatic carbocycles. The van der Waals surface area contributed by atoms with Gasteiger partial charge in [-0.3, -0.25) is 14.2 Å². The number of nitrogens with one attached hydrogen (secondary N) is 1. The fourth-order valence-corrected chi connectivity index (χ4v) is 4.75. The monoisotopic (exact) mass is 471 g/mol. The maximum atomic E-state index is 13.3. The lowest BCUT2D eigenvalue weighted by Crippen LogP contribution is -2.24. The van der Waals surface area contributed by atoms with Gasteiger partial charge in [-0.2, -0.15) is 0 Å². The first-order chi connectivity index (χ1) is 15.5. The first-order valence-corrected chi connectivity index (χ1v) is 11.9. The lowest BCUT2D eigenvalue weighted by atomic mass is 9.97. The highest BCUT2D eigenvalue weighted by molar-refractivity contribution is 7.99. The third-order valence-electron chi connectivity index (χ3n) is 5.40. The Labute approximate surface area is 194 Å². The molecule has 0 saturated heterocycles. The minimum absolute atomic E-state index is 0.0579. The number of fused-ring (bicyclic) bond motifs is 1. The molecule has 1 aromatic heterocycles. The molecular formula is C24H23ClFN3O2S. The van der Waals surface area contributed by atoms with Crippen molar-refractivity contribution in [2.45, 2.75) is 43.8 Å². The molecule has 5 nitrogen and oxygen atoms in total. The molecule has 0 radical (unpaired) electrons. The van der Waals surface area contributed by atoms with Gasteiger partial charge < -0.3 is 5.32 Å². The summed E-state index contributed by atoms with van der Waals surface area (Å²) in [6.45, 7) is 0.528. The maximum absolute atomic E-state index is 13.3. The van der Waals surface area contributed by atoms with E-state index in [1.165, 1.54) is 48.4 Å². The Bertz CT molecular complexity index is 1240. The molecule has 8 heteroatoms. The highest BCUT2D eigenvalue weighted by Crippen LogP contribution is 2.24. The number of nitrogens with zero attached hydrogens (tertiary/aromatic N) is 2. The summed E-state index contributed by atoms with van der Waals surface area (Å²) in [5, 5.41) is 3.72. The molecule has 166 valence electrons. The molecular weight excluding hydrogens is 449 g/mol. The molecule has 0 aliphatic heterocycles. The highest BCUT2D eigenvalue weighted by Gasteiger charge is 2.15. The van der Waals surface area contributed by atoms with Gasteiger partial charge in [0.05, 0.1) is 21.7 Å². The number of carbonyl (C=O) groups is 1. The standard InChI is InChI=1S/C24H23ClFN3O2S/c25-19-14-17(10-11-20(19)26)27-22(30)15-32-24-28-21-9-5-4-8-18(21)23(31)29(24)13-12-16-6-2-1-3-7-16/h4-6,8-11,14H,1-3,7,12-13,15H2,(H,27,30). The van der Waals surface area contributed by atoms with E-state index in [-0.39, 0.29) is 22.2 Å². The van der Waals surface area contributed by atoms with E-state index in [0.717, 1.165) is 19.3 Å². The van der Waals surface area contributed by atoms with Gasteiger partial charge in [0.15, 0.2) is 5.16 Å². The minimum atomic E-state index is -0.545. The average molecular weight is 472 g/mol. The molecule has 4 rings (SSSR count). The summed E-state index contributed by atoms with van der Waals surface area (Å²) in [6.07, 6.45) is 7.64. The fourth-order valence-electron chi connectivity index (χ4n) is 3.74. The van der Waals surface area contributed by atoms with Crippen molar-refractivity contribution in [2.75, 3.05) is 11.1 Å². The Hall–Kier alpha value is -2.64. The summed E-state index contributed by atoms with van der Waals surface area (Å²) in [5.41, 5.74) is 2.30. The van der Waals surface area contributed by atoms with Crippen LogP contribution in [0, 0.1) is 5.82 Å². The smallest absolute Gasteiger partial charge is 0.262 e. The molecule has 0 fully saturated rings. The van der Waals surface area contributed by atoms with Crippen molar-refractivity contribution < 1.29 is 9.18 Å². The van der Waals surface area contributed by atoms with Crippen LogP contribution in [0.15, 0.2) is 64.1 Å². The van der Waals surface area contributed by atoms with Crippen LogP contribution in [0.4, 0.5) is 10.1 Å². The van der Waals surface area contributed by atoms with E-state index in [1.807, 2.05) is 12.1 Å². The Morgan fingerprint density at radius 2 is 2.06 bits per heavy atom. The van der Waals surface area contributed by atoms with Crippen LogP contribution < -0.4 is 10.9 Å². The Morgan fingerprint density at radius 1 is 1.22 bits per heavy atom. The normalized spacial score (nSPS) is 13.8. The van der Waals surface area contributed by atoms with Crippen molar-refractivity contribution in [1.29, 1.82) is 0 Å². The van der Waals surface area contributed by atoms with Crippen LogP contribution in [0.25, 0.3) is 10.9 Å². The molecule has 1 heterocycles. The van der Waals surface area contributed by atoms with E-state index in [2.05, 4.69) is 16.4 Å². The van der Waals surface area contributed by atoms with Gasteiger partial charge in [0.1, 0.15) is 5.82 Å².